The lowest BCUT2D eigenvalue weighted by Gasteiger charge is -2.44. The van der Waals surface area contributed by atoms with E-state index >= 15 is 0 Å². The Kier molecular flexibility index (Phi) is 5.10. The molecule has 4 rings (SSSR count). The molecule has 28 heavy (non-hydrogen) atoms. The molecule has 1 saturated heterocycles. The van der Waals surface area contributed by atoms with Crippen molar-refractivity contribution in [3.63, 3.8) is 0 Å². The Labute approximate surface area is 167 Å². The number of nitrogens with zero attached hydrogens (tertiary/aromatic N) is 3. The highest BCUT2D eigenvalue weighted by Crippen LogP contribution is 2.47. The molecule has 12 heteroatoms. The first-order valence-corrected chi connectivity index (χ1v) is 10.3. The van der Waals surface area contributed by atoms with Gasteiger partial charge >= 0.3 is 6.43 Å². The molecule has 0 radical (unpaired) electrons. The highest BCUT2D eigenvalue weighted by atomic mass is 32.2. The molecule has 2 aromatic heterocycles. The van der Waals surface area contributed by atoms with E-state index in [2.05, 4.69) is 24.7 Å². The Morgan fingerprint density at radius 3 is 3.04 bits per heavy atom. The van der Waals surface area contributed by atoms with Crippen molar-refractivity contribution in [1.82, 2.24) is 9.97 Å². The lowest BCUT2D eigenvalue weighted by molar-refractivity contribution is -0.0466. The van der Waals surface area contributed by atoms with E-state index in [0.717, 1.165) is 18.4 Å². The maximum Gasteiger partial charge on any atom is 0.313 e. The molecule has 0 unspecified atom stereocenters. The molecule has 150 valence electrons. The number of thioether (sulfide) groups is 1. The monoisotopic (exact) mass is 429 g/mol. The first kappa shape index (κ1) is 19.3. The van der Waals surface area contributed by atoms with Crippen LogP contribution in [0.3, 0.4) is 0 Å². The van der Waals surface area contributed by atoms with Gasteiger partial charge in [-0.05, 0) is 13.3 Å². The molecular formula is C16H17F2N5O3S2. The van der Waals surface area contributed by atoms with Crippen molar-refractivity contribution in [3.05, 3.63) is 28.2 Å². The lowest BCUT2D eigenvalue weighted by atomic mass is 9.80. The van der Waals surface area contributed by atoms with Gasteiger partial charge in [0.15, 0.2) is 10.9 Å². The SMILES string of the molecule is C[C@H]1C[C@H]2CSC(N)=N[C@@]2(c2nc(NC(=O)c3coc(C(F)F)n3)cs2)CO1. The van der Waals surface area contributed by atoms with Crippen LogP contribution in [0.2, 0.25) is 0 Å². The number of nitrogens with one attached hydrogen (secondary N) is 1. The smallest absolute Gasteiger partial charge is 0.313 e. The van der Waals surface area contributed by atoms with E-state index in [4.69, 9.17) is 10.5 Å². The van der Waals surface area contributed by atoms with Crippen molar-refractivity contribution < 1.29 is 22.7 Å². The average Bonchev–Trinajstić information content (AvgIpc) is 3.32. The molecule has 2 aromatic rings. The normalized spacial score (nSPS) is 27.4. The molecule has 1 fully saturated rings. The van der Waals surface area contributed by atoms with Crippen molar-refractivity contribution in [3.8, 4) is 0 Å². The van der Waals surface area contributed by atoms with Crippen LogP contribution < -0.4 is 11.1 Å². The van der Waals surface area contributed by atoms with Crippen LogP contribution in [0.4, 0.5) is 14.6 Å². The van der Waals surface area contributed by atoms with E-state index in [-0.39, 0.29) is 23.5 Å². The number of carbonyl (C=O) groups is 1. The lowest BCUT2D eigenvalue weighted by Crippen LogP contribution is -2.49. The molecule has 8 nitrogen and oxygen atoms in total. The third-order valence-corrected chi connectivity index (χ3v) is 6.64. The number of hydrogen-bond donors (Lipinski definition) is 2. The van der Waals surface area contributed by atoms with Gasteiger partial charge in [0.25, 0.3) is 11.8 Å². The second-order valence-electron chi connectivity index (χ2n) is 6.60. The van der Waals surface area contributed by atoms with Crippen molar-refractivity contribution in [2.24, 2.45) is 16.6 Å². The first-order valence-electron chi connectivity index (χ1n) is 8.48. The molecular weight excluding hydrogens is 412 g/mol. The summed E-state index contributed by atoms with van der Waals surface area (Å²) in [7, 11) is 0. The highest BCUT2D eigenvalue weighted by Gasteiger charge is 2.49. The summed E-state index contributed by atoms with van der Waals surface area (Å²) in [6, 6.07) is 0. The fraction of sp³-hybridized carbons (Fsp3) is 0.500. The summed E-state index contributed by atoms with van der Waals surface area (Å²) in [6.45, 7) is 2.39. The van der Waals surface area contributed by atoms with Gasteiger partial charge in [-0.2, -0.15) is 8.78 Å². The number of amides is 1. The van der Waals surface area contributed by atoms with Crippen LogP contribution in [-0.2, 0) is 10.3 Å². The predicted octanol–water partition coefficient (Wildman–Crippen LogP) is 3.00. The number of hydrogen-bond acceptors (Lipinski definition) is 9. The quantitative estimate of drug-likeness (QED) is 0.767. The first-order chi connectivity index (χ1) is 13.4. The van der Waals surface area contributed by atoms with Gasteiger partial charge in [0.05, 0.1) is 12.7 Å². The number of halogens is 2. The van der Waals surface area contributed by atoms with Gasteiger partial charge in [-0.25, -0.2) is 15.0 Å². The Hall–Kier alpha value is -2.05. The Morgan fingerprint density at radius 2 is 2.29 bits per heavy atom. The molecule has 0 spiro atoms. The Balaban J connectivity index is 1.56. The van der Waals surface area contributed by atoms with Gasteiger partial charge in [0.1, 0.15) is 22.6 Å². The third kappa shape index (κ3) is 3.51. The Bertz CT molecular complexity index is 918. The molecule has 0 bridgehead atoms. The van der Waals surface area contributed by atoms with Gasteiger partial charge in [-0.15, -0.1) is 11.3 Å². The number of nitrogens with two attached hydrogens (primary N) is 1. The molecule has 4 heterocycles. The fourth-order valence-corrected chi connectivity index (χ4v) is 5.25. The number of aromatic nitrogens is 2. The van der Waals surface area contributed by atoms with Crippen LogP contribution >= 0.6 is 23.1 Å². The minimum atomic E-state index is -2.88. The van der Waals surface area contributed by atoms with Gasteiger partial charge in [0.2, 0.25) is 0 Å². The maximum atomic E-state index is 12.6. The van der Waals surface area contributed by atoms with Crippen LogP contribution in [0, 0.1) is 5.92 Å². The third-order valence-electron chi connectivity index (χ3n) is 4.68. The van der Waals surface area contributed by atoms with Crippen LogP contribution in [0.5, 0.6) is 0 Å². The number of rotatable bonds is 4. The summed E-state index contributed by atoms with van der Waals surface area (Å²) in [4.78, 5) is 24.9. The molecule has 2 aliphatic rings. The number of aliphatic imine (C=N–C) groups is 1. The second-order valence-corrected chi connectivity index (χ2v) is 8.50. The summed E-state index contributed by atoms with van der Waals surface area (Å²) in [5.41, 5.74) is 5.06. The van der Waals surface area contributed by atoms with Crippen molar-refractivity contribution in [2.45, 2.75) is 31.4 Å². The number of alkyl halides is 2. The number of thiazole rings is 1. The highest BCUT2D eigenvalue weighted by molar-refractivity contribution is 8.13. The van der Waals surface area contributed by atoms with E-state index in [1.807, 2.05) is 6.92 Å². The minimum Gasteiger partial charge on any atom is -0.443 e. The van der Waals surface area contributed by atoms with Crippen molar-refractivity contribution >= 4 is 40.0 Å². The zero-order valence-corrected chi connectivity index (χ0v) is 16.4. The summed E-state index contributed by atoms with van der Waals surface area (Å²) < 4.78 is 35.6. The molecule has 3 N–H and O–H groups in total. The number of anilines is 1. The summed E-state index contributed by atoms with van der Waals surface area (Å²) >= 11 is 2.86. The fourth-order valence-electron chi connectivity index (χ4n) is 3.28. The topological polar surface area (TPSA) is 116 Å². The van der Waals surface area contributed by atoms with E-state index < -0.39 is 23.8 Å². The zero-order chi connectivity index (χ0) is 19.9. The van der Waals surface area contributed by atoms with Gasteiger partial charge < -0.3 is 20.2 Å². The van der Waals surface area contributed by atoms with Crippen molar-refractivity contribution in [2.75, 3.05) is 17.7 Å². The number of oxazole rings is 1. The van der Waals surface area contributed by atoms with Crippen LogP contribution in [0.1, 0.15) is 41.2 Å². The molecule has 0 aliphatic carbocycles. The van der Waals surface area contributed by atoms with E-state index in [1.165, 1.54) is 23.1 Å². The van der Waals surface area contributed by atoms with Crippen LogP contribution in [-0.4, -0.2) is 39.5 Å². The maximum absolute atomic E-state index is 12.6. The van der Waals surface area contributed by atoms with Gasteiger partial charge in [-0.1, -0.05) is 11.8 Å². The number of carbonyl (C=O) groups excluding carboxylic acids is 1. The van der Waals surface area contributed by atoms with Gasteiger partial charge in [-0.3, -0.25) is 4.79 Å². The number of fused-ring (bicyclic) bond motifs is 1. The summed E-state index contributed by atoms with van der Waals surface area (Å²) in [5.74, 6) is -0.168. The van der Waals surface area contributed by atoms with E-state index in [0.29, 0.717) is 16.8 Å². The predicted molar refractivity (Wildman–Crippen MR) is 101 cm³/mol. The molecule has 0 aromatic carbocycles. The van der Waals surface area contributed by atoms with Crippen LogP contribution in [0.15, 0.2) is 21.1 Å². The zero-order valence-electron chi connectivity index (χ0n) is 14.7. The molecule has 3 atom stereocenters. The largest absolute Gasteiger partial charge is 0.443 e. The van der Waals surface area contributed by atoms with Crippen LogP contribution in [0.25, 0.3) is 0 Å². The molecule has 2 aliphatic heterocycles. The number of amidine groups is 1. The standard InChI is InChI=1S/C16H17F2N5O3S2/c1-7-2-8-4-28-15(19)23-16(8,6-26-7)14-22-10(5-27-14)21-12(24)9-3-25-13(20-9)11(17)18/h3,5,7-8,11H,2,4,6H2,1H3,(H2,19,23)(H,21,24)/t7-,8-,16-/m0/s1. The minimum absolute atomic E-state index is 0.128. The van der Waals surface area contributed by atoms with Crippen molar-refractivity contribution in [1.29, 1.82) is 0 Å². The van der Waals surface area contributed by atoms with E-state index in [9.17, 15) is 13.6 Å². The summed E-state index contributed by atoms with van der Waals surface area (Å²) in [5, 5.41) is 5.39. The number of ether oxygens (including phenoxy) is 1. The van der Waals surface area contributed by atoms with Gasteiger partial charge in [0, 0.05) is 17.1 Å². The molecule has 0 saturated carbocycles. The Morgan fingerprint density at radius 1 is 1.46 bits per heavy atom. The average molecular weight is 429 g/mol. The summed E-state index contributed by atoms with van der Waals surface area (Å²) in [6.07, 6.45) is -1.04. The van der Waals surface area contributed by atoms with E-state index in [1.54, 1.807) is 5.38 Å². The molecule has 1 amide bonds. The second kappa shape index (κ2) is 7.41.